The highest BCUT2D eigenvalue weighted by Crippen LogP contribution is 2.38. The number of rotatable bonds is 7. The van der Waals surface area contributed by atoms with Crippen molar-refractivity contribution in [1.82, 2.24) is 5.43 Å². The van der Waals surface area contributed by atoms with E-state index in [1.807, 2.05) is 54.6 Å². The number of hydrazone groups is 1. The van der Waals surface area contributed by atoms with Gasteiger partial charge in [-0.3, -0.25) is 9.10 Å². The standard InChI is InChI=1S/C30H21ClF3N3O3S/c31-28-15-14-22(17-27(28)30(32,33)34)37(41(39,40)23-10-2-1-3-11-23)19-29(38)36-35-18-26-24-12-6-4-8-20(24)16-21-9-5-7-13-25(21)26/h1-18H,19H2,(H,36,38)/b35-18-. The van der Waals surface area contributed by atoms with Crippen molar-refractivity contribution < 1.29 is 26.4 Å². The first-order chi connectivity index (χ1) is 19.6. The highest BCUT2D eigenvalue weighted by Gasteiger charge is 2.35. The van der Waals surface area contributed by atoms with Gasteiger partial charge in [-0.05, 0) is 57.9 Å². The first kappa shape index (κ1) is 28.1. The van der Waals surface area contributed by atoms with Gasteiger partial charge in [-0.25, -0.2) is 13.8 Å². The average Bonchev–Trinajstić information content (AvgIpc) is 2.95. The zero-order valence-corrected chi connectivity index (χ0v) is 22.7. The van der Waals surface area contributed by atoms with Crippen LogP contribution in [0.15, 0.2) is 113 Å². The van der Waals surface area contributed by atoms with Gasteiger partial charge in [0.25, 0.3) is 15.9 Å². The third kappa shape index (κ3) is 5.89. The highest BCUT2D eigenvalue weighted by molar-refractivity contribution is 7.92. The van der Waals surface area contributed by atoms with Crippen LogP contribution in [0.2, 0.25) is 5.02 Å². The van der Waals surface area contributed by atoms with Crippen LogP contribution in [-0.4, -0.2) is 27.1 Å². The molecule has 0 atom stereocenters. The first-order valence-corrected chi connectivity index (χ1v) is 14.0. The van der Waals surface area contributed by atoms with Crippen molar-refractivity contribution in [3.63, 3.8) is 0 Å². The largest absolute Gasteiger partial charge is 0.417 e. The fourth-order valence-corrected chi connectivity index (χ4v) is 6.10. The number of carbonyl (C=O) groups is 1. The maximum Gasteiger partial charge on any atom is 0.417 e. The van der Waals surface area contributed by atoms with Crippen molar-refractivity contribution in [1.29, 1.82) is 0 Å². The summed E-state index contributed by atoms with van der Waals surface area (Å²) in [6, 6.07) is 27.1. The number of hydrogen-bond donors (Lipinski definition) is 1. The summed E-state index contributed by atoms with van der Waals surface area (Å²) in [5.74, 6) is -0.867. The lowest BCUT2D eigenvalue weighted by Crippen LogP contribution is -2.39. The van der Waals surface area contributed by atoms with Gasteiger partial charge in [-0.2, -0.15) is 18.3 Å². The van der Waals surface area contributed by atoms with Crippen molar-refractivity contribution in [2.75, 3.05) is 10.8 Å². The van der Waals surface area contributed by atoms with Crippen LogP contribution in [0.25, 0.3) is 21.5 Å². The first-order valence-electron chi connectivity index (χ1n) is 12.2. The lowest BCUT2D eigenvalue weighted by molar-refractivity contribution is -0.137. The predicted molar refractivity (Wildman–Crippen MR) is 155 cm³/mol. The quantitative estimate of drug-likeness (QED) is 0.125. The Balaban J connectivity index is 1.48. The fraction of sp³-hybridized carbons (Fsp3) is 0.0667. The molecule has 5 aromatic rings. The summed E-state index contributed by atoms with van der Waals surface area (Å²) in [4.78, 5) is 12.8. The molecule has 0 heterocycles. The molecule has 1 amide bonds. The molecule has 11 heteroatoms. The SMILES string of the molecule is O=C(CN(c1ccc(Cl)c(C(F)(F)F)c1)S(=O)(=O)c1ccccc1)N/N=C\c1c2ccccc2cc2ccccc12. The lowest BCUT2D eigenvalue weighted by atomic mass is 9.97. The maximum absolute atomic E-state index is 13.6. The van der Waals surface area contributed by atoms with Crippen molar-refractivity contribution in [3.8, 4) is 0 Å². The van der Waals surface area contributed by atoms with E-state index in [1.54, 1.807) is 6.07 Å². The number of nitrogens with one attached hydrogen (secondary N) is 1. The van der Waals surface area contributed by atoms with Gasteiger partial charge in [0, 0.05) is 5.56 Å². The Morgan fingerprint density at radius 3 is 2.05 bits per heavy atom. The van der Waals surface area contributed by atoms with Crippen LogP contribution in [0.4, 0.5) is 18.9 Å². The highest BCUT2D eigenvalue weighted by atomic mass is 35.5. The molecule has 0 aliphatic carbocycles. The molecule has 0 aliphatic rings. The van der Waals surface area contributed by atoms with Crippen LogP contribution < -0.4 is 9.73 Å². The fourth-order valence-electron chi connectivity index (χ4n) is 4.44. The zero-order chi connectivity index (χ0) is 29.2. The molecule has 41 heavy (non-hydrogen) atoms. The number of halogens is 4. The molecule has 5 aromatic carbocycles. The van der Waals surface area contributed by atoms with Crippen molar-refractivity contribution in [3.05, 3.63) is 119 Å². The Morgan fingerprint density at radius 1 is 0.854 bits per heavy atom. The predicted octanol–water partition coefficient (Wildman–Crippen LogP) is 7.01. The van der Waals surface area contributed by atoms with Crippen LogP contribution in [0.1, 0.15) is 11.1 Å². The molecule has 0 saturated heterocycles. The van der Waals surface area contributed by atoms with E-state index in [4.69, 9.17) is 11.6 Å². The Hall–Kier alpha value is -4.41. The van der Waals surface area contributed by atoms with Gasteiger partial charge in [0.2, 0.25) is 0 Å². The molecule has 0 aromatic heterocycles. The number of amides is 1. The number of nitrogens with zero attached hydrogens (tertiary/aromatic N) is 2. The summed E-state index contributed by atoms with van der Waals surface area (Å²) in [5, 5.41) is 7.16. The van der Waals surface area contributed by atoms with Crippen LogP contribution >= 0.6 is 11.6 Å². The third-order valence-corrected chi connectivity index (χ3v) is 8.48. The molecule has 0 aliphatic heterocycles. The minimum absolute atomic E-state index is 0.206. The van der Waals surface area contributed by atoms with E-state index in [2.05, 4.69) is 10.5 Å². The summed E-state index contributed by atoms with van der Waals surface area (Å²) in [7, 11) is -4.45. The normalized spacial score (nSPS) is 12.2. The second-order valence-electron chi connectivity index (χ2n) is 9.01. The molecule has 1 N–H and O–H groups in total. The number of anilines is 1. The Morgan fingerprint density at radius 2 is 1.44 bits per heavy atom. The summed E-state index contributed by atoms with van der Waals surface area (Å²) < 4.78 is 68.3. The van der Waals surface area contributed by atoms with Gasteiger partial charge in [0.05, 0.1) is 27.4 Å². The molecule has 208 valence electrons. The minimum atomic E-state index is -4.84. The molecular formula is C30H21ClF3N3O3S. The van der Waals surface area contributed by atoms with Gasteiger partial charge in [-0.15, -0.1) is 0 Å². The number of carbonyl (C=O) groups excluding carboxylic acids is 1. The zero-order valence-electron chi connectivity index (χ0n) is 21.1. The monoisotopic (exact) mass is 595 g/mol. The van der Waals surface area contributed by atoms with E-state index in [0.29, 0.717) is 10.4 Å². The van der Waals surface area contributed by atoms with Crippen LogP contribution in [-0.2, 0) is 21.0 Å². The van der Waals surface area contributed by atoms with E-state index in [-0.39, 0.29) is 10.6 Å². The number of sulfonamides is 1. The lowest BCUT2D eigenvalue weighted by Gasteiger charge is -2.24. The van der Waals surface area contributed by atoms with Crippen LogP contribution in [0.5, 0.6) is 0 Å². The van der Waals surface area contributed by atoms with E-state index < -0.39 is 39.2 Å². The van der Waals surface area contributed by atoms with Crippen molar-refractivity contribution in [2.24, 2.45) is 5.10 Å². The topological polar surface area (TPSA) is 78.8 Å². The molecule has 0 spiro atoms. The van der Waals surface area contributed by atoms with E-state index in [1.165, 1.54) is 30.5 Å². The third-order valence-electron chi connectivity index (χ3n) is 6.36. The van der Waals surface area contributed by atoms with Gasteiger partial charge < -0.3 is 0 Å². The Bertz CT molecular complexity index is 1840. The molecule has 0 radical (unpaired) electrons. The molecular weight excluding hydrogens is 575 g/mol. The number of benzene rings is 5. The van der Waals surface area contributed by atoms with E-state index in [0.717, 1.165) is 39.2 Å². The van der Waals surface area contributed by atoms with Gasteiger partial charge in [0.15, 0.2) is 0 Å². The maximum atomic E-state index is 13.6. The summed E-state index contributed by atoms with van der Waals surface area (Å²) in [6.45, 7) is -0.843. The molecule has 0 unspecified atom stereocenters. The van der Waals surface area contributed by atoms with Crippen molar-refractivity contribution >= 4 is 61.0 Å². The Labute approximate surface area is 238 Å². The number of fused-ring (bicyclic) bond motifs is 2. The van der Waals surface area contributed by atoms with Gasteiger partial charge in [0.1, 0.15) is 6.54 Å². The average molecular weight is 596 g/mol. The number of alkyl halides is 3. The van der Waals surface area contributed by atoms with Crippen LogP contribution in [0, 0.1) is 0 Å². The molecule has 5 rings (SSSR count). The number of hydrogen-bond acceptors (Lipinski definition) is 4. The molecule has 6 nitrogen and oxygen atoms in total. The Kier molecular flexibility index (Phi) is 7.70. The van der Waals surface area contributed by atoms with E-state index in [9.17, 15) is 26.4 Å². The van der Waals surface area contributed by atoms with Gasteiger partial charge in [-0.1, -0.05) is 78.3 Å². The van der Waals surface area contributed by atoms with Crippen molar-refractivity contribution in [2.45, 2.75) is 11.1 Å². The second-order valence-corrected chi connectivity index (χ2v) is 11.3. The molecule has 0 fully saturated rings. The summed E-state index contributed by atoms with van der Waals surface area (Å²) in [6.07, 6.45) is -3.38. The minimum Gasteiger partial charge on any atom is -0.271 e. The molecule has 0 saturated carbocycles. The summed E-state index contributed by atoms with van der Waals surface area (Å²) in [5.41, 5.74) is 1.44. The van der Waals surface area contributed by atoms with Crippen LogP contribution in [0.3, 0.4) is 0 Å². The molecule has 0 bridgehead atoms. The second kappa shape index (κ2) is 11.2. The van der Waals surface area contributed by atoms with Gasteiger partial charge >= 0.3 is 6.18 Å². The summed E-state index contributed by atoms with van der Waals surface area (Å²) >= 11 is 5.75. The smallest absolute Gasteiger partial charge is 0.271 e. The van der Waals surface area contributed by atoms with E-state index >= 15 is 0 Å².